The highest BCUT2D eigenvalue weighted by atomic mass is 35.5. The van der Waals surface area contributed by atoms with E-state index in [0.717, 1.165) is 43.4 Å². The van der Waals surface area contributed by atoms with Crippen LogP contribution in [-0.4, -0.2) is 97.7 Å². The fourth-order valence-corrected chi connectivity index (χ4v) is 8.83. The lowest BCUT2D eigenvalue weighted by Crippen LogP contribution is -2.55. The molecule has 9 rings (SSSR count). The van der Waals surface area contributed by atoms with E-state index in [9.17, 15) is 14.4 Å². The number of fused-ring (bicyclic) bond motifs is 3. The monoisotopic (exact) mass is 761 g/mol. The SMILES string of the molecule is N#CC[C@H]1CN(c2nc(OC[C@@]34CCCN3C[C@H](F)C4)nc3c(F)c(-c4cccc5cccc(Cl)c45)ncc23)CCN1C(=O)/C=C/c1ccnc(C2CC2)n1. The zero-order valence-electron chi connectivity index (χ0n) is 30.0. The van der Waals surface area contributed by atoms with E-state index < -0.39 is 23.6 Å². The quantitative estimate of drug-likeness (QED) is 0.147. The van der Waals surface area contributed by atoms with Crippen molar-refractivity contribution in [3.05, 3.63) is 83.3 Å². The Hall–Kier alpha value is -5.32. The number of alkyl halides is 1. The minimum Gasteiger partial charge on any atom is -0.461 e. The summed E-state index contributed by atoms with van der Waals surface area (Å²) in [5, 5.41) is 12.2. The average Bonchev–Trinajstić information content (AvgIpc) is 3.91. The Morgan fingerprint density at radius 3 is 2.76 bits per heavy atom. The molecule has 5 aromatic rings. The maximum atomic E-state index is 17.0. The van der Waals surface area contributed by atoms with Crippen LogP contribution in [0.4, 0.5) is 14.6 Å². The summed E-state index contributed by atoms with van der Waals surface area (Å²) in [4.78, 5) is 42.4. The van der Waals surface area contributed by atoms with Crippen LogP contribution in [0.2, 0.25) is 5.02 Å². The van der Waals surface area contributed by atoms with E-state index in [2.05, 4.69) is 30.9 Å². The summed E-state index contributed by atoms with van der Waals surface area (Å²) in [5.41, 5.74) is 0.794. The standard InChI is InChI=1S/C41H38ClF2N9O2/c42-32-7-2-5-25-4-1-6-30(34(25)32)36-35(44)37-31(21-47-36)39(50-40(49-37)55-24-41-14-3-17-52(41)22-27(43)20-41)51-18-19-53(29(23-51)12-15-45)33(54)11-10-28-13-16-46-38(48-28)26-8-9-26/h1-2,4-7,10-11,13,16,21,26-27,29H,3,8-9,12,14,17-20,22-24H2/b11-10+/t27-,29+,41+/m1/s1. The molecule has 6 heterocycles. The van der Waals surface area contributed by atoms with E-state index in [1.165, 1.54) is 6.08 Å². The third kappa shape index (κ3) is 6.72. The smallest absolute Gasteiger partial charge is 0.319 e. The van der Waals surface area contributed by atoms with Crippen LogP contribution in [0.25, 0.3) is 39.0 Å². The largest absolute Gasteiger partial charge is 0.461 e. The summed E-state index contributed by atoms with van der Waals surface area (Å²) in [5.74, 6) is 0.655. The van der Waals surface area contributed by atoms with E-state index in [0.29, 0.717) is 58.3 Å². The van der Waals surface area contributed by atoms with Crippen molar-refractivity contribution in [3.8, 4) is 23.3 Å². The van der Waals surface area contributed by atoms with Gasteiger partial charge in [0.2, 0.25) is 5.91 Å². The van der Waals surface area contributed by atoms with Crippen molar-refractivity contribution in [2.75, 3.05) is 44.2 Å². The van der Waals surface area contributed by atoms with Gasteiger partial charge in [-0.15, -0.1) is 0 Å². The number of rotatable bonds is 9. The van der Waals surface area contributed by atoms with E-state index in [1.807, 2.05) is 29.2 Å². The third-order valence-corrected chi connectivity index (χ3v) is 11.7. The van der Waals surface area contributed by atoms with Crippen LogP contribution >= 0.6 is 11.6 Å². The van der Waals surface area contributed by atoms with E-state index >= 15 is 4.39 Å². The number of piperazine rings is 1. The van der Waals surface area contributed by atoms with Crippen molar-refractivity contribution < 1.29 is 18.3 Å². The van der Waals surface area contributed by atoms with Gasteiger partial charge in [0, 0.05) is 73.0 Å². The van der Waals surface area contributed by atoms with E-state index in [-0.39, 0.29) is 49.2 Å². The van der Waals surface area contributed by atoms with Crippen molar-refractivity contribution in [2.45, 2.75) is 62.2 Å². The fourth-order valence-electron chi connectivity index (χ4n) is 8.54. The second-order valence-electron chi connectivity index (χ2n) is 15.0. The summed E-state index contributed by atoms with van der Waals surface area (Å²) in [6, 6.07) is 14.5. The molecule has 11 nitrogen and oxygen atoms in total. The number of anilines is 1. The van der Waals surface area contributed by atoms with Gasteiger partial charge < -0.3 is 14.5 Å². The van der Waals surface area contributed by atoms with Crippen molar-refractivity contribution >= 4 is 51.1 Å². The van der Waals surface area contributed by atoms with Gasteiger partial charge in [0.15, 0.2) is 5.82 Å². The molecule has 4 aliphatic rings. The molecule has 2 aromatic carbocycles. The van der Waals surface area contributed by atoms with Crippen LogP contribution in [0.3, 0.4) is 0 Å². The Balaban J connectivity index is 1.06. The van der Waals surface area contributed by atoms with Gasteiger partial charge in [-0.3, -0.25) is 14.7 Å². The molecule has 3 aromatic heterocycles. The molecule has 0 spiro atoms. The lowest BCUT2D eigenvalue weighted by molar-refractivity contribution is -0.128. The number of hydrogen-bond acceptors (Lipinski definition) is 10. The molecule has 1 amide bonds. The second-order valence-corrected chi connectivity index (χ2v) is 15.4. The number of carbonyl (C=O) groups excluding carboxylic acids is 1. The Labute approximate surface area is 321 Å². The summed E-state index contributed by atoms with van der Waals surface area (Å²) in [6.07, 6.45) is 9.80. The zero-order valence-corrected chi connectivity index (χ0v) is 30.8. The number of ether oxygens (including phenoxy) is 1. The molecule has 1 aliphatic carbocycles. The van der Waals surface area contributed by atoms with E-state index in [1.54, 1.807) is 41.6 Å². The van der Waals surface area contributed by atoms with Crippen molar-refractivity contribution in [2.24, 2.45) is 0 Å². The first-order chi connectivity index (χ1) is 26.8. The highest BCUT2D eigenvalue weighted by molar-refractivity contribution is 6.36. The predicted molar refractivity (Wildman–Crippen MR) is 205 cm³/mol. The molecule has 0 bridgehead atoms. The van der Waals surface area contributed by atoms with E-state index in [4.69, 9.17) is 21.3 Å². The molecule has 3 aliphatic heterocycles. The minimum atomic E-state index is -0.942. The van der Waals surface area contributed by atoms with Crippen molar-refractivity contribution in [3.63, 3.8) is 0 Å². The molecule has 14 heteroatoms. The number of nitrogens with zero attached hydrogens (tertiary/aromatic N) is 9. The minimum absolute atomic E-state index is 0.0123. The van der Waals surface area contributed by atoms with Crippen LogP contribution in [0.5, 0.6) is 6.01 Å². The Morgan fingerprint density at radius 1 is 1.07 bits per heavy atom. The second kappa shape index (κ2) is 14.4. The van der Waals surface area contributed by atoms with Gasteiger partial charge >= 0.3 is 6.01 Å². The van der Waals surface area contributed by atoms with Gasteiger partial charge in [-0.05, 0) is 55.8 Å². The normalized spacial score (nSPS) is 22.8. The molecule has 0 unspecified atom stereocenters. The maximum absolute atomic E-state index is 17.0. The van der Waals surface area contributed by atoms with Gasteiger partial charge in [-0.25, -0.2) is 18.7 Å². The number of benzene rings is 2. The average molecular weight is 762 g/mol. The molecule has 3 saturated heterocycles. The number of nitriles is 1. The maximum Gasteiger partial charge on any atom is 0.319 e. The molecule has 3 atom stereocenters. The molecule has 0 N–H and O–H groups in total. The summed E-state index contributed by atoms with van der Waals surface area (Å²) >= 11 is 6.64. The number of amides is 1. The van der Waals surface area contributed by atoms with Crippen molar-refractivity contribution in [1.29, 1.82) is 5.26 Å². The Morgan fingerprint density at radius 2 is 1.93 bits per heavy atom. The van der Waals surface area contributed by atoms with Gasteiger partial charge in [0.1, 0.15) is 35.6 Å². The Kier molecular flexibility index (Phi) is 9.26. The Bertz CT molecular complexity index is 2380. The highest BCUT2D eigenvalue weighted by Gasteiger charge is 2.49. The number of carbonyl (C=O) groups is 1. The van der Waals surface area contributed by atoms with Crippen LogP contribution < -0.4 is 9.64 Å². The van der Waals surface area contributed by atoms with Crippen LogP contribution in [0.1, 0.15) is 56.0 Å². The first-order valence-corrected chi connectivity index (χ1v) is 19.2. The highest BCUT2D eigenvalue weighted by Crippen LogP contribution is 2.42. The summed E-state index contributed by atoms with van der Waals surface area (Å²) < 4.78 is 37.9. The van der Waals surface area contributed by atoms with Gasteiger partial charge in [0.25, 0.3) is 0 Å². The van der Waals surface area contributed by atoms with Gasteiger partial charge in [0.05, 0.1) is 35.2 Å². The fraction of sp³-hybridized carbons (Fsp3) is 0.390. The predicted octanol–water partition coefficient (Wildman–Crippen LogP) is 6.90. The van der Waals surface area contributed by atoms with Crippen molar-refractivity contribution in [1.82, 2.24) is 34.7 Å². The molecule has 0 radical (unpaired) electrons. The summed E-state index contributed by atoms with van der Waals surface area (Å²) in [7, 11) is 0. The molecule has 280 valence electrons. The van der Waals surface area contributed by atoms with Crippen LogP contribution in [0.15, 0.2) is 60.9 Å². The van der Waals surface area contributed by atoms with Gasteiger partial charge in [-0.2, -0.15) is 15.2 Å². The lowest BCUT2D eigenvalue weighted by atomic mass is 9.95. The lowest BCUT2D eigenvalue weighted by Gasteiger charge is -2.41. The van der Waals surface area contributed by atoms with Gasteiger partial charge in [-0.1, -0.05) is 41.9 Å². The molecule has 4 fully saturated rings. The number of aromatic nitrogens is 5. The van der Waals surface area contributed by atoms with Crippen LogP contribution in [0, 0.1) is 17.1 Å². The van der Waals surface area contributed by atoms with Crippen LogP contribution in [-0.2, 0) is 4.79 Å². The molecular weight excluding hydrogens is 724 g/mol. The zero-order chi connectivity index (χ0) is 37.7. The third-order valence-electron chi connectivity index (χ3n) is 11.4. The molecule has 55 heavy (non-hydrogen) atoms. The number of halogens is 3. The first kappa shape index (κ1) is 35.4. The topological polar surface area (TPSA) is 124 Å². The molecular formula is C41H38ClF2N9O2. The first-order valence-electron chi connectivity index (χ1n) is 18.8. The summed E-state index contributed by atoms with van der Waals surface area (Å²) in [6.45, 7) is 2.20. The number of pyridine rings is 1. The number of hydrogen-bond donors (Lipinski definition) is 0. The molecule has 1 saturated carbocycles.